The molecule has 2 aliphatic rings. The largest absolute Gasteiger partial charge is 0.508 e. The van der Waals surface area contributed by atoms with E-state index in [9.17, 15) is 10.2 Å². The zero-order chi connectivity index (χ0) is 17.4. The van der Waals surface area contributed by atoms with Gasteiger partial charge in [-0.1, -0.05) is 18.2 Å². The number of piperidine rings is 1. The predicted octanol–water partition coefficient (Wildman–Crippen LogP) is 2.57. The molecule has 0 aromatic heterocycles. The lowest BCUT2D eigenvalue weighted by molar-refractivity contribution is 0.0592. The van der Waals surface area contributed by atoms with Crippen LogP contribution in [0.3, 0.4) is 0 Å². The van der Waals surface area contributed by atoms with Crippen molar-refractivity contribution in [3.63, 3.8) is 0 Å². The average Bonchev–Trinajstić information content (AvgIpc) is 2.95. The molecule has 5 nitrogen and oxygen atoms in total. The summed E-state index contributed by atoms with van der Waals surface area (Å²) in [4.78, 5) is 2.37. The molecule has 2 unspecified atom stereocenters. The number of phenols is 2. The predicted molar refractivity (Wildman–Crippen MR) is 95.9 cm³/mol. The quantitative estimate of drug-likeness (QED) is 0.800. The molecular weight excluding hydrogens is 316 g/mol. The van der Waals surface area contributed by atoms with Crippen LogP contribution in [0.2, 0.25) is 0 Å². The zero-order valence-electron chi connectivity index (χ0n) is 14.1. The van der Waals surface area contributed by atoms with Gasteiger partial charge in [0.25, 0.3) is 0 Å². The molecule has 1 fully saturated rings. The first-order valence-electron chi connectivity index (χ1n) is 8.88. The first-order valence-corrected chi connectivity index (χ1v) is 8.88. The Morgan fingerprint density at radius 1 is 1.12 bits per heavy atom. The Labute approximate surface area is 147 Å². The third-order valence-electron chi connectivity index (χ3n) is 5.28. The lowest BCUT2D eigenvalue weighted by Gasteiger charge is -2.38. The van der Waals surface area contributed by atoms with Crippen LogP contribution in [0.5, 0.6) is 17.2 Å². The van der Waals surface area contributed by atoms with Gasteiger partial charge < -0.3 is 20.7 Å². The zero-order valence-corrected chi connectivity index (χ0v) is 14.1. The SMILES string of the molecule is NC1CCCN([C@@H]2Cc3c(O)cc(O)cc3C2Oc2ccccc2)C1. The number of fused-ring (bicyclic) bond motifs is 1. The van der Waals surface area contributed by atoms with E-state index < -0.39 is 0 Å². The number of para-hydroxylation sites is 1. The molecule has 2 aromatic rings. The van der Waals surface area contributed by atoms with Crippen LogP contribution in [-0.4, -0.2) is 40.3 Å². The number of aromatic hydroxyl groups is 2. The highest BCUT2D eigenvalue weighted by atomic mass is 16.5. The highest BCUT2D eigenvalue weighted by Crippen LogP contribution is 2.44. The van der Waals surface area contributed by atoms with E-state index in [0.29, 0.717) is 6.42 Å². The monoisotopic (exact) mass is 340 g/mol. The van der Waals surface area contributed by atoms with E-state index in [1.165, 1.54) is 6.07 Å². The van der Waals surface area contributed by atoms with Crippen LogP contribution in [-0.2, 0) is 6.42 Å². The van der Waals surface area contributed by atoms with Crippen molar-refractivity contribution in [1.82, 2.24) is 4.90 Å². The summed E-state index contributed by atoms with van der Waals surface area (Å²) in [7, 11) is 0. The van der Waals surface area contributed by atoms with Crippen LogP contribution in [0, 0.1) is 0 Å². The van der Waals surface area contributed by atoms with Gasteiger partial charge in [-0.2, -0.15) is 0 Å². The minimum absolute atomic E-state index is 0.0638. The van der Waals surface area contributed by atoms with E-state index in [1.54, 1.807) is 6.07 Å². The maximum absolute atomic E-state index is 10.3. The summed E-state index contributed by atoms with van der Waals surface area (Å²) in [5, 5.41) is 20.3. The molecule has 1 aliphatic carbocycles. The van der Waals surface area contributed by atoms with Crippen molar-refractivity contribution in [2.45, 2.75) is 37.5 Å². The second kappa shape index (κ2) is 6.58. The molecule has 1 aliphatic heterocycles. The van der Waals surface area contributed by atoms with Crippen molar-refractivity contribution in [1.29, 1.82) is 0 Å². The normalized spacial score (nSPS) is 26.4. The maximum Gasteiger partial charge on any atom is 0.140 e. The van der Waals surface area contributed by atoms with Crippen LogP contribution >= 0.6 is 0 Å². The van der Waals surface area contributed by atoms with Gasteiger partial charge in [0.15, 0.2) is 0 Å². The number of nitrogens with zero attached hydrogens (tertiary/aromatic N) is 1. The molecule has 0 bridgehead atoms. The summed E-state index contributed by atoms with van der Waals surface area (Å²) in [6.45, 7) is 1.81. The summed E-state index contributed by atoms with van der Waals surface area (Å²) < 4.78 is 6.31. The fraction of sp³-hybridized carbons (Fsp3) is 0.400. The van der Waals surface area contributed by atoms with Gasteiger partial charge in [-0.3, -0.25) is 4.90 Å². The number of nitrogens with two attached hydrogens (primary N) is 1. The van der Waals surface area contributed by atoms with Crippen molar-refractivity contribution >= 4 is 0 Å². The number of hydrogen-bond donors (Lipinski definition) is 3. The number of benzene rings is 2. The van der Waals surface area contributed by atoms with Gasteiger partial charge in [-0.25, -0.2) is 0 Å². The van der Waals surface area contributed by atoms with Crippen molar-refractivity contribution in [2.75, 3.05) is 13.1 Å². The van der Waals surface area contributed by atoms with Gasteiger partial charge in [0.2, 0.25) is 0 Å². The molecule has 1 heterocycles. The highest BCUT2D eigenvalue weighted by Gasteiger charge is 2.41. The summed E-state index contributed by atoms with van der Waals surface area (Å²) in [5.41, 5.74) is 7.91. The third kappa shape index (κ3) is 3.17. The van der Waals surface area contributed by atoms with Gasteiger partial charge in [0, 0.05) is 29.8 Å². The lowest BCUT2D eigenvalue weighted by Crippen LogP contribution is -2.49. The van der Waals surface area contributed by atoms with Crippen LogP contribution in [0.15, 0.2) is 42.5 Å². The number of ether oxygens (including phenoxy) is 1. The van der Waals surface area contributed by atoms with E-state index in [1.807, 2.05) is 30.3 Å². The molecule has 4 N–H and O–H groups in total. The summed E-state index contributed by atoms with van der Waals surface area (Å²) >= 11 is 0. The molecule has 132 valence electrons. The molecule has 0 radical (unpaired) electrons. The second-order valence-corrected chi connectivity index (χ2v) is 7.05. The van der Waals surface area contributed by atoms with Crippen molar-refractivity contribution in [3.05, 3.63) is 53.6 Å². The van der Waals surface area contributed by atoms with E-state index >= 15 is 0 Å². The summed E-state index contributed by atoms with van der Waals surface area (Å²) in [6, 6.07) is 13.1. The molecule has 2 aromatic carbocycles. The Morgan fingerprint density at radius 3 is 2.68 bits per heavy atom. The van der Waals surface area contributed by atoms with Gasteiger partial charge in [-0.15, -0.1) is 0 Å². The fourth-order valence-corrected chi connectivity index (χ4v) is 4.11. The first-order chi connectivity index (χ1) is 12.1. The first kappa shape index (κ1) is 16.2. The molecule has 25 heavy (non-hydrogen) atoms. The molecule has 0 spiro atoms. The number of likely N-dealkylation sites (tertiary alicyclic amines) is 1. The van der Waals surface area contributed by atoms with Crippen LogP contribution in [0.4, 0.5) is 0 Å². The van der Waals surface area contributed by atoms with Crippen LogP contribution < -0.4 is 10.5 Å². The van der Waals surface area contributed by atoms with Gasteiger partial charge in [0.1, 0.15) is 23.4 Å². The summed E-state index contributed by atoms with van der Waals surface area (Å²) in [6.07, 6.45) is 2.59. The molecule has 4 rings (SSSR count). The summed E-state index contributed by atoms with van der Waals surface area (Å²) in [5.74, 6) is 0.990. The van der Waals surface area contributed by atoms with Crippen LogP contribution in [0.25, 0.3) is 0 Å². The number of rotatable bonds is 3. The Hall–Kier alpha value is -2.24. The molecule has 3 atom stereocenters. The molecule has 0 amide bonds. The van der Waals surface area contributed by atoms with Crippen molar-refractivity contribution in [3.8, 4) is 17.2 Å². The Balaban J connectivity index is 1.69. The smallest absolute Gasteiger partial charge is 0.140 e. The van der Waals surface area contributed by atoms with Gasteiger partial charge in [0.05, 0.1) is 6.04 Å². The minimum Gasteiger partial charge on any atom is -0.508 e. The molecular formula is C20H24N2O3. The van der Waals surface area contributed by atoms with E-state index in [-0.39, 0.29) is 29.7 Å². The third-order valence-corrected chi connectivity index (χ3v) is 5.28. The van der Waals surface area contributed by atoms with Crippen molar-refractivity contribution in [2.24, 2.45) is 5.73 Å². The Morgan fingerprint density at radius 2 is 1.92 bits per heavy atom. The second-order valence-electron chi connectivity index (χ2n) is 7.05. The topological polar surface area (TPSA) is 79.0 Å². The van der Waals surface area contributed by atoms with Crippen LogP contribution in [0.1, 0.15) is 30.1 Å². The fourth-order valence-electron chi connectivity index (χ4n) is 4.11. The molecule has 5 heteroatoms. The number of phenolic OH excluding ortho intramolecular Hbond substituents is 2. The van der Waals surface area contributed by atoms with E-state index in [4.69, 9.17) is 10.5 Å². The Bertz CT molecular complexity index is 750. The molecule has 0 saturated carbocycles. The van der Waals surface area contributed by atoms with Gasteiger partial charge >= 0.3 is 0 Å². The average molecular weight is 340 g/mol. The Kier molecular flexibility index (Phi) is 4.27. The maximum atomic E-state index is 10.3. The van der Waals surface area contributed by atoms with Gasteiger partial charge in [-0.05, 0) is 44.0 Å². The van der Waals surface area contributed by atoms with E-state index in [2.05, 4.69) is 4.90 Å². The van der Waals surface area contributed by atoms with Crippen molar-refractivity contribution < 1.29 is 14.9 Å². The van der Waals surface area contributed by atoms with E-state index in [0.717, 1.165) is 42.8 Å². The molecule has 1 saturated heterocycles. The standard InChI is InChI=1S/C20H24N2O3/c21-13-5-4-8-22(12-13)18-11-16-17(9-14(23)10-19(16)24)20(18)25-15-6-2-1-3-7-15/h1-3,6-7,9-10,13,18,20,23-24H,4-5,8,11-12,21H2/t13?,18-,20?/m1/s1. The number of hydrogen-bond acceptors (Lipinski definition) is 5. The minimum atomic E-state index is -0.235. The highest BCUT2D eigenvalue weighted by molar-refractivity contribution is 5.50. The lowest BCUT2D eigenvalue weighted by atomic mass is 10.0.